The highest BCUT2D eigenvalue weighted by Crippen LogP contribution is 2.22. The Labute approximate surface area is 131 Å². The molecule has 2 N–H and O–H groups in total. The SMILES string of the molecule is Cc1ccc(O)c(C(=O)NC2CCCN(CC(F)(F)F)C2=O)c1. The predicted octanol–water partition coefficient (Wildman–Crippen LogP) is 1.98. The monoisotopic (exact) mass is 330 g/mol. The van der Waals surface area contributed by atoms with Gasteiger partial charge in [0, 0.05) is 6.54 Å². The molecule has 1 aliphatic rings. The maximum Gasteiger partial charge on any atom is 0.406 e. The molecule has 1 fully saturated rings. The molecular weight excluding hydrogens is 313 g/mol. The first kappa shape index (κ1) is 17.1. The highest BCUT2D eigenvalue weighted by atomic mass is 19.4. The second-order valence-corrected chi connectivity index (χ2v) is 5.56. The number of benzene rings is 1. The van der Waals surface area contributed by atoms with Gasteiger partial charge in [0.1, 0.15) is 18.3 Å². The number of amides is 2. The molecule has 2 amide bonds. The number of nitrogens with one attached hydrogen (secondary N) is 1. The largest absolute Gasteiger partial charge is 0.507 e. The van der Waals surface area contributed by atoms with Gasteiger partial charge in [0.2, 0.25) is 5.91 Å². The Hall–Kier alpha value is -2.25. The Morgan fingerprint density at radius 2 is 2.13 bits per heavy atom. The molecule has 1 aromatic carbocycles. The molecule has 1 atom stereocenters. The zero-order chi connectivity index (χ0) is 17.2. The van der Waals surface area contributed by atoms with Gasteiger partial charge in [0.05, 0.1) is 5.56 Å². The van der Waals surface area contributed by atoms with Crippen molar-refractivity contribution >= 4 is 11.8 Å². The van der Waals surface area contributed by atoms with Crippen molar-refractivity contribution in [2.45, 2.75) is 32.0 Å². The first-order valence-corrected chi connectivity index (χ1v) is 7.13. The molecule has 0 spiro atoms. The molecule has 1 aromatic rings. The summed E-state index contributed by atoms with van der Waals surface area (Å²) in [5, 5.41) is 12.1. The van der Waals surface area contributed by atoms with Crippen LogP contribution in [-0.2, 0) is 4.79 Å². The van der Waals surface area contributed by atoms with Crippen molar-refractivity contribution in [3.8, 4) is 5.75 Å². The van der Waals surface area contributed by atoms with Crippen molar-refractivity contribution in [1.29, 1.82) is 0 Å². The fraction of sp³-hybridized carbons (Fsp3) is 0.467. The quantitative estimate of drug-likeness (QED) is 0.890. The minimum Gasteiger partial charge on any atom is -0.507 e. The summed E-state index contributed by atoms with van der Waals surface area (Å²) in [7, 11) is 0. The van der Waals surface area contributed by atoms with Crippen LogP contribution in [0.15, 0.2) is 18.2 Å². The zero-order valence-corrected chi connectivity index (χ0v) is 12.5. The van der Waals surface area contributed by atoms with Crippen molar-refractivity contribution in [1.82, 2.24) is 10.2 Å². The average Bonchev–Trinajstić information content (AvgIpc) is 2.44. The second-order valence-electron chi connectivity index (χ2n) is 5.56. The van der Waals surface area contributed by atoms with Crippen LogP contribution in [0.5, 0.6) is 5.75 Å². The topological polar surface area (TPSA) is 69.6 Å². The van der Waals surface area contributed by atoms with Gasteiger partial charge in [0.25, 0.3) is 5.91 Å². The molecule has 1 saturated heterocycles. The Morgan fingerprint density at radius 1 is 1.43 bits per heavy atom. The van der Waals surface area contributed by atoms with E-state index in [0.29, 0.717) is 11.3 Å². The van der Waals surface area contributed by atoms with E-state index in [1.54, 1.807) is 13.0 Å². The number of likely N-dealkylation sites (tertiary alicyclic amines) is 1. The highest BCUT2D eigenvalue weighted by Gasteiger charge is 2.38. The molecule has 8 heteroatoms. The van der Waals surface area contributed by atoms with Crippen LogP contribution in [0.4, 0.5) is 13.2 Å². The summed E-state index contributed by atoms with van der Waals surface area (Å²) < 4.78 is 37.4. The molecule has 1 heterocycles. The summed E-state index contributed by atoms with van der Waals surface area (Å²) in [6.07, 6.45) is -3.84. The molecule has 1 aliphatic heterocycles. The van der Waals surface area contributed by atoms with Gasteiger partial charge in [-0.2, -0.15) is 13.2 Å². The van der Waals surface area contributed by atoms with Crippen LogP contribution in [-0.4, -0.2) is 47.1 Å². The van der Waals surface area contributed by atoms with Crippen LogP contribution in [0, 0.1) is 6.92 Å². The van der Waals surface area contributed by atoms with E-state index in [-0.39, 0.29) is 24.3 Å². The highest BCUT2D eigenvalue weighted by molar-refractivity contribution is 5.99. The van der Waals surface area contributed by atoms with E-state index < -0.39 is 30.6 Å². The lowest BCUT2D eigenvalue weighted by molar-refractivity contribution is -0.164. The molecule has 2 rings (SSSR count). The number of piperidine rings is 1. The normalized spacial score (nSPS) is 18.9. The summed E-state index contributed by atoms with van der Waals surface area (Å²) >= 11 is 0. The Morgan fingerprint density at radius 3 is 2.78 bits per heavy atom. The molecule has 23 heavy (non-hydrogen) atoms. The van der Waals surface area contributed by atoms with Gasteiger partial charge in [-0.05, 0) is 31.9 Å². The molecule has 0 aromatic heterocycles. The fourth-order valence-electron chi connectivity index (χ4n) is 2.52. The minimum atomic E-state index is -4.48. The lowest BCUT2D eigenvalue weighted by Crippen LogP contribution is -2.54. The lowest BCUT2D eigenvalue weighted by atomic mass is 10.0. The molecule has 0 aliphatic carbocycles. The van der Waals surface area contributed by atoms with E-state index in [2.05, 4.69) is 5.32 Å². The Balaban J connectivity index is 2.08. The van der Waals surface area contributed by atoms with E-state index in [4.69, 9.17) is 0 Å². The van der Waals surface area contributed by atoms with Crippen molar-refractivity contribution < 1.29 is 27.9 Å². The van der Waals surface area contributed by atoms with Crippen molar-refractivity contribution in [2.75, 3.05) is 13.1 Å². The molecule has 126 valence electrons. The number of hydrogen-bond donors (Lipinski definition) is 2. The molecule has 0 radical (unpaired) electrons. The number of aromatic hydroxyl groups is 1. The number of carbonyl (C=O) groups excluding carboxylic acids is 2. The summed E-state index contributed by atoms with van der Waals surface area (Å²) in [6, 6.07) is 3.40. The number of carbonyl (C=O) groups is 2. The lowest BCUT2D eigenvalue weighted by Gasteiger charge is -2.33. The number of hydrogen-bond acceptors (Lipinski definition) is 3. The number of alkyl halides is 3. The van der Waals surface area contributed by atoms with Gasteiger partial charge in [0.15, 0.2) is 0 Å². The summed E-state index contributed by atoms with van der Waals surface area (Å²) in [6.45, 7) is 0.418. The third-order valence-corrected chi connectivity index (χ3v) is 3.60. The van der Waals surface area contributed by atoms with E-state index >= 15 is 0 Å². The van der Waals surface area contributed by atoms with Crippen LogP contribution >= 0.6 is 0 Å². The molecule has 5 nitrogen and oxygen atoms in total. The Kier molecular flexibility index (Phi) is 4.82. The van der Waals surface area contributed by atoms with Crippen molar-refractivity contribution in [3.05, 3.63) is 29.3 Å². The summed E-state index contributed by atoms with van der Waals surface area (Å²) in [5.74, 6) is -1.68. The van der Waals surface area contributed by atoms with Crippen LogP contribution < -0.4 is 5.32 Å². The number of halogens is 3. The number of nitrogens with zero attached hydrogens (tertiary/aromatic N) is 1. The van der Waals surface area contributed by atoms with Crippen molar-refractivity contribution in [3.63, 3.8) is 0 Å². The van der Waals surface area contributed by atoms with Crippen LogP contribution in [0.2, 0.25) is 0 Å². The van der Waals surface area contributed by atoms with Gasteiger partial charge in [-0.3, -0.25) is 9.59 Å². The van der Waals surface area contributed by atoms with E-state index in [9.17, 15) is 27.9 Å². The first-order valence-electron chi connectivity index (χ1n) is 7.13. The molecule has 0 bridgehead atoms. The molecule has 1 unspecified atom stereocenters. The maximum absolute atomic E-state index is 12.5. The third-order valence-electron chi connectivity index (χ3n) is 3.60. The van der Waals surface area contributed by atoms with E-state index in [0.717, 1.165) is 5.56 Å². The maximum atomic E-state index is 12.5. The van der Waals surface area contributed by atoms with Crippen LogP contribution in [0.3, 0.4) is 0 Å². The number of phenolic OH excluding ortho intramolecular Hbond substituents is 1. The summed E-state index contributed by atoms with van der Waals surface area (Å²) in [4.78, 5) is 24.9. The van der Waals surface area contributed by atoms with E-state index in [1.165, 1.54) is 12.1 Å². The van der Waals surface area contributed by atoms with E-state index in [1.807, 2.05) is 0 Å². The summed E-state index contributed by atoms with van der Waals surface area (Å²) in [5.41, 5.74) is 0.729. The third kappa shape index (κ3) is 4.37. The van der Waals surface area contributed by atoms with Gasteiger partial charge in [-0.1, -0.05) is 11.6 Å². The molecular formula is C15H17F3N2O3. The van der Waals surface area contributed by atoms with Crippen LogP contribution in [0.1, 0.15) is 28.8 Å². The van der Waals surface area contributed by atoms with Crippen molar-refractivity contribution in [2.24, 2.45) is 0 Å². The van der Waals surface area contributed by atoms with Gasteiger partial charge >= 0.3 is 6.18 Å². The zero-order valence-electron chi connectivity index (χ0n) is 12.5. The predicted molar refractivity (Wildman–Crippen MR) is 76.0 cm³/mol. The molecule has 0 saturated carbocycles. The smallest absolute Gasteiger partial charge is 0.406 e. The van der Waals surface area contributed by atoms with Gasteiger partial charge in [-0.15, -0.1) is 0 Å². The average molecular weight is 330 g/mol. The van der Waals surface area contributed by atoms with Crippen LogP contribution in [0.25, 0.3) is 0 Å². The minimum absolute atomic E-state index is 0.00857. The van der Waals surface area contributed by atoms with Gasteiger partial charge in [-0.25, -0.2) is 0 Å². The number of rotatable bonds is 3. The number of phenols is 1. The second kappa shape index (κ2) is 6.47. The standard InChI is InChI=1S/C15H17F3N2O3/c1-9-4-5-12(21)10(7-9)13(22)19-11-3-2-6-20(14(11)23)8-15(16,17)18/h4-5,7,11,21H,2-3,6,8H2,1H3,(H,19,22). The van der Waals surface area contributed by atoms with Gasteiger partial charge < -0.3 is 15.3 Å². The fourth-order valence-corrected chi connectivity index (χ4v) is 2.52. The Bertz CT molecular complexity index is 616. The first-order chi connectivity index (χ1) is 10.7. The number of aryl methyl sites for hydroxylation is 1.